The first kappa shape index (κ1) is 15.2. The van der Waals surface area contributed by atoms with E-state index in [0.29, 0.717) is 16.5 Å². The van der Waals surface area contributed by atoms with Crippen LogP contribution < -0.4 is 10.1 Å². The van der Waals surface area contributed by atoms with Crippen molar-refractivity contribution in [3.63, 3.8) is 0 Å². The molecule has 0 atom stereocenters. The number of aryl methyl sites for hydroxylation is 1. The van der Waals surface area contributed by atoms with Gasteiger partial charge in [-0.15, -0.1) is 0 Å². The zero-order valence-corrected chi connectivity index (χ0v) is 13.7. The van der Waals surface area contributed by atoms with Crippen LogP contribution in [0.1, 0.15) is 21.5 Å². The Kier molecular flexibility index (Phi) is 4.39. The molecule has 2 aromatic carbocycles. The van der Waals surface area contributed by atoms with Crippen molar-refractivity contribution < 1.29 is 9.53 Å². The van der Waals surface area contributed by atoms with Crippen molar-refractivity contribution >= 4 is 22.9 Å². The molecule has 0 fully saturated rings. The maximum absolute atomic E-state index is 12.3. The Hall–Kier alpha value is -2.66. The number of hydrogen-bond acceptors (Lipinski definition) is 4. The van der Waals surface area contributed by atoms with E-state index in [0.717, 1.165) is 16.8 Å². The van der Waals surface area contributed by atoms with E-state index in [9.17, 15) is 4.79 Å². The quantitative estimate of drug-likeness (QED) is 0.749. The zero-order valence-electron chi connectivity index (χ0n) is 12.9. The van der Waals surface area contributed by atoms with E-state index in [-0.39, 0.29) is 5.91 Å². The number of nitrogens with zero attached hydrogens (tertiary/aromatic N) is 1. The maximum Gasteiger partial charge on any atom is 0.278 e. The highest BCUT2D eigenvalue weighted by atomic mass is 32.1. The van der Waals surface area contributed by atoms with Crippen LogP contribution in [0.15, 0.2) is 54.0 Å². The number of nitrogens with one attached hydrogen (secondary N) is 1. The van der Waals surface area contributed by atoms with Crippen LogP contribution in [-0.4, -0.2) is 10.9 Å². The molecular formula is C18H16N2O2S. The smallest absolute Gasteiger partial charge is 0.278 e. The lowest BCUT2D eigenvalue weighted by atomic mass is 10.1. The Morgan fingerprint density at radius 1 is 1.13 bits per heavy atom. The highest BCUT2D eigenvalue weighted by Crippen LogP contribution is 2.24. The van der Waals surface area contributed by atoms with Gasteiger partial charge in [0.25, 0.3) is 11.1 Å². The van der Waals surface area contributed by atoms with E-state index in [4.69, 9.17) is 4.74 Å². The van der Waals surface area contributed by atoms with Gasteiger partial charge < -0.3 is 10.1 Å². The first-order valence-corrected chi connectivity index (χ1v) is 8.06. The van der Waals surface area contributed by atoms with Gasteiger partial charge in [0.05, 0.1) is 0 Å². The number of benzene rings is 2. The molecule has 0 aliphatic rings. The summed E-state index contributed by atoms with van der Waals surface area (Å²) in [5.74, 6) is 0.516. The number of anilines is 1. The number of amides is 1. The van der Waals surface area contributed by atoms with Gasteiger partial charge in [0, 0.05) is 22.8 Å². The number of thiazole rings is 1. The maximum atomic E-state index is 12.3. The van der Waals surface area contributed by atoms with Crippen LogP contribution in [-0.2, 0) is 0 Å². The van der Waals surface area contributed by atoms with Crippen LogP contribution in [0.4, 0.5) is 5.69 Å². The molecule has 0 aliphatic heterocycles. The summed E-state index contributed by atoms with van der Waals surface area (Å²) in [4.78, 5) is 16.4. The fourth-order valence-electron chi connectivity index (χ4n) is 2.12. The van der Waals surface area contributed by atoms with Gasteiger partial charge in [0.2, 0.25) is 0 Å². The molecule has 0 spiro atoms. The van der Waals surface area contributed by atoms with Gasteiger partial charge in [-0.2, -0.15) is 0 Å². The highest BCUT2D eigenvalue weighted by Gasteiger charge is 2.09. The van der Waals surface area contributed by atoms with E-state index in [1.807, 2.05) is 37.4 Å². The Bertz CT molecular complexity index is 812. The first-order valence-electron chi connectivity index (χ1n) is 7.18. The molecular weight excluding hydrogens is 308 g/mol. The van der Waals surface area contributed by atoms with Crippen molar-refractivity contribution in [2.75, 3.05) is 5.32 Å². The Balaban J connectivity index is 1.71. The van der Waals surface area contributed by atoms with Crippen molar-refractivity contribution in [1.82, 2.24) is 4.98 Å². The summed E-state index contributed by atoms with van der Waals surface area (Å²) in [6.07, 6.45) is 1.69. The second kappa shape index (κ2) is 6.62. The molecule has 116 valence electrons. The summed E-state index contributed by atoms with van der Waals surface area (Å²) >= 11 is 1.42. The summed E-state index contributed by atoms with van der Waals surface area (Å²) < 4.78 is 5.58. The van der Waals surface area contributed by atoms with Crippen molar-refractivity contribution in [1.29, 1.82) is 0 Å². The molecule has 5 heteroatoms. The summed E-state index contributed by atoms with van der Waals surface area (Å²) in [5, 5.41) is 5.37. The van der Waals surface area contributed by atoms with Crippen LogP contribution in [0, 0.1) is 13.8 Å². The molecule has 1 aromatic heterocycles. The zero-order chi connectivity index (χ0) is 16.2. The van der Waals surface area contributed by atoms with Gasteiger partial charge in [-0.1, -0.05) is 23.5 Å². The third-order valence-corrected chi connectivity index (χ3v) is 4.23. The van der Waals surface area contributed by atoms with Crippen LogP contribution in [0.2, 0.25) is 0 Å². The van der Waals surface area contributed by atoms with Crippen LogP contribution in [0.25, 0.3) is 0 Å². The van der Waals surface area contributed by atoms with Gasteiger partial charge in [-0.05, 0) is 55.3 Å². The lowest BCUT2D eigenvalue weighted by molar-refractivity contribution is 0.102. The Morgan fingerprint density at radius 3 is 2.61 bits per heavy atom. The molecule has 0 aliphatic carbocycles. The van der Waals surface area contributed by atoms with Gasteiger partial charge in [-0.25, -0.2) is 4.98 Å². The second-order valence-electron chi connectivity index (χ2n) is 5.13. The normalized spacial score (nSPS) is 10.3. The molecule has 3 aromatic rings. The average molecular weight is 324 g/mol. The standard InChI is InChI=1S/C18H16N2O2S/c1-12-4-3-5-16(13(12)2)20-17(21)14-6-8-15(9-7-14)22-18-19-10-11-23-18/h3-11H,1-2H3,(H,20,21). The predicted molar refractivity (Wildman–Crippen MR) is 92.5 cm³/mol. The Labute approximate surface area is 138 Å². The van der Waals surface area contributed by atoms with E-state index in [2.05, 4.69) is 10.3 Å². The average Bonchev–Trinajstić information content (AvgIpc) is 3.05. The van der Waals surface area contributed by atoms with E-state index in [1.165, 1.54) is 11.3 Å². The Morgan fingerprint density at radius 2 is 1.91 bits per heavy atom. The SMILES string of the molecule is Cc1cccc(NC(=O)c2ccc(Oc3nccs3)cc2)c1C. The third kappa shape index (κ3) is 3.57. The topological polar surface area (TPSA) is 51.2 Å². The van der Waals surface area contributed by atoms with Gasteiger partial charge in [0.15, 0.2) is 0 Å². The molecule has 0 radical (unpaired) electrons. The van der Waals surface area contributed by atoms with Crippen molar-refractivity contribution in [3.8, 4) is 10.9 Å². The van der Waals surface area contributed by atoms with Crippen LogP contribution in [0.3, 0.4) is 0 Å². The minimum absolute atomic E-state index is 0.139. The largest absolute Gasteiger partial charge is 0.431 e. The van der Waals surface area contributed by atoms with Crippen molar-refractivity contribution in [3.05, 3.63) is 70.7 Å². The number of aromatic nitrogens is 1. The highest BCUT2D eigenvalue weighted by molar-refractivity contribution is 7.11. The molecule has 0 bridgehead atoms. The predicted octanol–water partition coefficient (Wildman–Crippen LogP) is 4.80. The third-order valence-electron chi connectivity index (χ3n) is 3.58. The lowest BCUT2D eigenvalue weighted by Crippen LogP contribution is -2.12. The van der Waals surface area contributed by atoms with Gasteiger partial charge >= 0.3 is 0 Å². The molecule has 0 unspecified atom stereocenters. The minimum atomic E-state index is -0.139. The minimum Gasteiger partial charge on any atom is -0.431 e. The summed E-state index contributed by atoms with van der Waals surface area (Å²) in [7, 11) is 0. The molecule has 0 saturated heterocycles. The summed E-state index contributed by atoms with van der Waals surface area (Å²) in [6, 6.07) is 12.9. The number of hydrogen-bond donors (Lipinski definition) is 1. The second-order valence-corrected chi connectivity index (χ2v) is 5.98. The van der Waals surface area contributed by atoms with E-state index in [1.54, 1.807) is 30.5 Å². The fraction of sp³-hybridized carbons (Fsp3) is 0.111. The molecule has 1 N–H and O–H groups in total. The molecule has 23 heavy (non-hydrogen) atoms. The molecule has 4 nitrogen and oxygen atoms in total. The monoisotopic (exact) mass is 324 g/mol. The first-order chi connectivity index (χ1) is 11.1. The lowest BCUT2D eigenvalue weighted by Gasteiger charge is -2.10. The fourth-order valence-corrected chi connectivity index (χ4v) is 2.62. The molecule has 1 amide bonds. The summed E-state index contributed by atoms with van der Waals surface area (Å²) in [6.45, 7) is 4.02. The molecule has 1 heterocycles. The molecule has 0 saturated carbocycles. The number of carbonyl (C=O) groups is 1. The number of carbonyl (C=O) groups excluding carboxylic acids is 1. The molecule has 3 rings (SSSR count). The summed E-state index contributed by atoms with van der Waals surface area (Å²) in [5.41, 5.74) is 3.63. The number of ether oxygens (including phenoxy) is 1. The van der Waals surface area contributed by atoms with E-state index < -0.39 is 0 Å². The van der Waals surface area contributed by atoms with Gasteiger partial charge in [-0.3, -0.25) is 4.79 Å². The van der Waals surface area contributed by atoms with Crippen molar-refractivity contribution in [2.45, 2.75) is 13.8 Å². The number of rotatable bonds is 4. The van der Waals surface area contributed by atoms with Gasteiger partial charge in [0.1, 0.15) is 5.75 Å². The van der Waals surface area contributed by atoms with Crippen molar-refractivity contribution in [2.24, 2.45) is 0 Å². The van der Waals surface area contributed by atoms with E-state index >= 15 is 0 Å². The van der Waals surface area contributed by atoms with Crippen LogP contribution in [0.5, 0.6) is 10.9 Å². The van der Waals surface area contributed by atoms with Crippen LogP contribution >= 0.6 is 11.3 Å².